The van der Waals surface area contributed by atoms with Crippen molar-refractivity contribution >= 4 is 17.7 Å². The third kappa shape index (κ3) is 4.05. The van der Waals surface area contributed by atoms with E-state index in [-0.39, 0.29) is 11.9 Å². The molecule has 4 heteroatoms. The summed E-state index contributed by atoms with van der Waals surface area (Å²) in [5.74, 6) is 1.48. The van der Waals surface area contributed by atoms with E-state index in [9.17, 15) is 4.79 Å². The van der Waals surface area contributed by atoms with Crippen LogP contribution in [0.1, 0.15) is 32.6 Å². The van der Waals surface area contributed by atoms with E-state index >= 15 is 0 Å². The number of carbonyl (C=O) groups excluding carboxylic acids is 1. The highest BCUT2D eigenvalue weighted by Crippen LogP contribution is 2.36. The smallest absolute Gasteiger partial charge is 0.306 e. The van der Waals surface area contributed by atoms with E-state index in [0.717, 1.165) is 25.0 Å². The van der Waals surface area contributed by atoms with E-state index in [4.69, 9.17) is 5.26 Å². The summed E-state index contributed by atoms with van der Waals surface area (Å²) in [5, 5.41) is 9.45. The van der Waals surface area contributed by atoms with Crippen LogP contribution in [0.3, 0.4) is 0 Å². The van der Waals surface area contributed by atoms with Gasteiger partial charge >= 0.3 is 5.97 Å². The maximum atomic E-state index is 11.0. The first-order valence-electron chi connectivity index (χ1n) is 5.75. The summed E-state index contributed by atoms with van der Waals surface area (Å²) in [6, 6.07) is 2.39. The molecule has 1 saturated carbocycles. The van der Waals surface area contributed by atoms with E-state index in [0.29, 0.717) is 17.6 Å². The number of carbonyl (C=O) groups is 1. The third-order valence-electron chi connectivity index (χ3n) is 3.09. The lowest BCUT2D eigenvalue weighted by molar-refractivity contribution is -0.140. The van der Waals surface area contributed by atoms with E-state index < -0.39 is 0 Å². The van der Waals surface area contributed by atoms with Gasteiger partial charge in [0.05, 0.1) is 25.5 Å². The Morgan fingerprint density at radius 1 is 1.56 bits per heavy atom. The number of nitriles is 1. The summed E-state index contributed by atoms with van der Waals surface area (Å²) in [7, 11) is 1.41. The number of hydrogen-bond acceptors (Lipinski definition) is 4. The molecule has 16 heavy (non-hydrogen) atoms. The van der Waals surface area contributed by atoms with Crippen molar-refractivity contribution in [2.45, 2.75) is 37.9 Å². The Balaban J connectivity index is 2.32. The molecule has 0 spiro atoms. The average Bonchev–Trinajstić information content (AvgIpc) is 2.29. The molecule has 0 amide bonds. The molecule has 90 valence electrons. The highest BCUT2D eigenvalue weighted by Gasteiger charge is 2.28. The zero-order chi connectivity index (χ0) is 12.0. The van der Waals surface area contributed by atoms with Gasteiger partial charge in [-0.15, -0.1) is 0 Å². The van der Waals surface area contributed by atoms with Gasteiger partial charge in [0.1, 0.15) is 0 Å². The van der Waals surface area contributed by atoms with Gasteiger partial charge in [0.15, 0.2) is 0 Å². The van der Waals surface area contributed by atoms with E-state index in [2.05, 4.69) is 17.7 Å². The van der Waals surface area contributed by atoms with Crippen LogP contribution in [-0.2, 0) is 9.53 Å². The standard InChI is InChI=1S/C12H19NO2S/c1-9-3-4-10(8-13)11(7-9)16-6-5-12(14)15-2/h9-11H,3-7H2,1-2H3. The molecule has 1 fully saturated rings. The van der Waals surface area contributed by atoms with Crippen molar-refractivity contribution in [3.05, 3.63) is 0 Å². The Bertz CT molecular complexity index is 275. The first-order chi connectivity index (χ1) is 7.67. The number of thioether (sulfide) groups is 1. The quantitative estimate of drug-likeness (QED) is 0.710. The van der Waals surface area contributed by atoms with Crippen LogP contribution in [0.15, 0.2) is 0 Å². The Kier molecular flexibility index (Phi) is 5.68. The molecule has 0 saturated heterocycles. The predicted octanol–water partition coefficient (Wildman–Crippen LogP) is 2.61. The molecule has 0 aromatic heterocycles. The molecule has 0 N–H and O–H groups in total. The van der Waals surface area contributed by atoms with Crippen molar-refractivity contribution in [1.82, 2.24) is 0 Å². The monoisotopic (exact) mass is 241 g/mol. The lowest BCUT2D eigenvalue weighted by Gasteiger charge is -2.30. The number of esters is 1. The molecule has 3 atom stereocenters. The number of nitrogens with zero attached hydrogens (tertiary/aromatic N) is 1. The van der Waals surface area contributed by atoms with Crippen LogP contribution in [0, 0.1) is 23.2 Å². The lowest BCUT2D eigenvalue weighted by Crippen LogP contribution is -2.25. The molecule has 0 aromatic carbocycles. The second-order valence-corrected chi connectivity index (χ2v) is 5.74. The molecule has 3 nitrogen and oxygen atoms in total. The molecule has 0 bridgehead atoms. The minimum absolute atomic E-state index is 0.162. The minimum Gasteiger partial charge on any atom is -0.469 e. The molecule has 0 aromatic rings. The van der Waals surface area contributed by atoms with Crippen molar-refractivity contribution in [3.8, 4) is 6.07 Å². The molecular formula is C12H19NO2S. The number of rotatable bonds is 4. The number of hydrogen-bond donors (Lipinski definition) is 0. The van der Waals surface area contributed by atoms with Gasteiger partial charge in [0.25, 0.3) is 0 Å². The van der Waals surface area contributed by atoms with Gasteiger partial charge < -0.3 is 4.74 Å². The number of methoxy groups -OCH3 is 1. The summed E-state index contributed by atoms with van der Waals surface area (Å²) in [6.45, 7) is 2.24. The normalized spacial score (nSPS) is 29.4. The van der Waals surface area contributed by atoms with Crippen molar-refractivity contribution in [1.29, 1.82) is 5.26 Å². The fourth-order valence-electron chi connectivity index (χ4n) is 2.06. The molecule has 1 aliphatic carbocycles. The van der Waals surface area contributed by atoms with E-state index in [1.54, 1.807) is 11.8 Å². The third-order valence-corrected chi connectivity index (χ3v) is 4.47. The van der Waals surface area contributed by atoms with Crippen molar-refractivity contribution in [3.63, 3.8) is 0 Å². The number of ether oxygens (including phenoxy) is 1. The molecule has 0 aliphatic heterocycles. The molecule has 1 rings (SSSR count). The molecule has 0 heterocycles. The zero-order valence-electron chi connectivity index (χ0n) is 9.94. The topological polar surface area (TPSA) is 50.1 Å². The Morgan fingerprint density at radius 3 is 2.94 bits per heavy atom. The fraction of sp³-hybridized carbons (Fsp3) is 0.833. The largest absolute Gasteiger partial charge is 0.469 e. The first-order valence-corrected chi connectivity index (χ1v) is 6.80. The van der Waals surface area contributed by atoms with Crippen LogP contribution in [0.4, 0.5) is 0 Å². The van der Waals surface area contributed by atoms with Gasteiger partial charge in [-0.2, -0.15) is 17.0 Å². The van der Waals surface area contributed by atoms with Crippen LogP contribution in [0.5, 0.6) is 0 Å². The summed E-state index contributed by atoms with van der Waals surface area (Å²) in [6.07, 6.45) is 3.72. The summed E-state index contributed by atoms with van der Waals surface area (Å²) in [5.41, 5.74) is 0. The van der Waals surface area contributed by atoms with Gasteiger partial charge in [-0.1, -0.05) is 6.92 Å². The van der Waals surface area contributed by atoms with Crippen LogP contribution < -0.4 is 0 Å². The van der Waals surface area contributed by atoms with Crippen LogP contribution in [-0.4, -0.2) is 24.1 Å². The van der Waals surface area contributed by atoms with Crippen molar-refractivity contribution in [2.24, 2.45) is 11.8 Å². The Hall–Kier alpha value is -0.690. The Morgan fingerprint density at radius 2 is 2.31 bits per heavy atom. The van der Waals surface area contributed by atoms with Gasteiger partial charge in [-0.3, -0.25) is 4.79 Å². The minimum atomic E-state index is -0.162. The Labute approximate surface area is 102 Å². The van der Waals surface area contributed by atoms with Crippen LogP contribution in [0.25, 0.3) is 0 Å². The zero-order valence-corrected chi connectivity index (χ0v) is 10.8. The maximum absolute atomic E-state index is 11.0. The highest BCUT2D eigenvalue weighted by atomic mass is 32.2. The summed E-state index contributed by atoms with van der Waals surface area (Å²) < 4.78 is 4.60. The highest BCUT2D eigenvalue weighted by molar-refractivity contribution is 7.99. The summed E-state index contributed by atoms with van der Waals surface area (Å²) in [4.78, 5) is 11.0. The van der Waals surface area contributed by atoms with Crippen molar-refractivity contribution < 1.29 is 9.53 Å². The maximum Gasteiger partial charge on any atom is 0.306 e. The second kappa shape index (κ2) is 6.80. The first kappa shape index (κ1) is 13.4. The molecule has 1 aliphatic rings. The van der Waals surface area contributed by atoms with Gasteiger partial charge in [0.2, 0.25) is 0 Å². The van der Waals surface area contributed by atoms with Gasteiger partial charge in [-0.05, 0) is 25.2 Å². The summed E-state index contributed by atoms with van der Waals surface area (Å²) >= 11 is 1.75. The van der Waals surface area contributed by atoms with Crippen LogP contribution >= 0.6 is 11.8 Å². The SMILES string of the molecule is COC(=O)CCSC1CC(C)CCC1C#N. The van der Waals surface area contributed by atoms with Crippen LogP contribution in [0.2, 0.25) is 0 Å². The average molecular weight is 241 g/mol. The van der Waals surface area contributed by atoms with Crippen molar-refractivity contribution in [2.75, 3.05) is 12.9 Å². The molecule has 3 unspecified atom stereocenters. The predicted molar refractivity (Wildman–Crippen MR) is 65.0 cm³/mol. The lowest BCUT2D eigenvalue weighted by atomic mass is 9.83. The van der Waals surface area contributed by atoms with Gasteiger partial charge in [0, 0.05) is 11.0 Å². The van der Waals surface area contributed by atoms with E-state index in [1.807, 2.05) is 0 Å². The van der Waals surface area contributed by atoms with Gasteiger partial charge in [-0.25, -0.2) is 0 Å². The van der Waals surface area contributed by atoms with E-state index in [1.165, 1.54) is 7.11 Å². The fourth-order valence-corrected chi connectivity index (χ4v) is 3.54. The second-order valence-electron chi connectivity index (χ2n) is 4.39. The molecule has 0 radical (unpaired) electrons. The molecular weight excluding hydrogens is 222 g/mol.